The highest BCUT2D eigenvalue weighted by atomic mass is 35.5. The van der Waals surface area contributed by atoms with Crippen LogP contribution in [0, 0.1) is 0 Å². The molecule has 2 aromatic rings. The van der Waals surface area contributed by atoms with E-state index >= 15 is 0 Å². The van der Waals surface area contributed by atoms with Gasteiger partial charge in [-0.15, -0.1) is 0 Å². The van der Waals surface area contributed by atoms with Gasteiger partial charge in [-0.1, -0.05) is 23.7 Å². The number of ether oxygens (including phenoxy) is 2. The number of carbonyl (C=O) groups excluding carboxylic acids is 1. The number of phenolic OH excluding ortho intramolecular Hbond substituents is 1. The van der Waals surface area contributed by atoms with Gasteiger partial charge in [0.25, 0.3) is 5.91 Å². The van der Waals surface area contributed by atoms with E-state index in [-0.39, 0.29) is 12.4 Å². The third kappa shape index (κ3) is 3.54. The van der Waals surface area contributed by atoms with Gasteiger partial charge >= 0.3 is 0 Å². The van der Waals surface area contributed by atoms with Gasteiger partial charge in [0.1, 0.15) is 12.4 Å². The summed E-state index contributed by atoms with van der Waals surface area (Å²) in [7, 11) is 0. The van der Waals surface area contributed by atoms with Crippen molar-refractivity contribution in [2.24, 2.45) is 5.10 Å². The van der Waals surface area contributed by atoms with Crippen LogP contribution in [-0.2, 0) is 4.79 Å². The standard InChI is InChI=1S/C16H13ClN2O4/c17-11-5-6-12(20)10(7-11)8-18-19-16(21)15-9-22-13-3-1-2-4-14(13)23-15/h1-8,15,20H,9H2,(H,19,21)/b18-8+. The van der Waals surface area contributed by atoms with Crippen LogP contribution < -0.4 is 14.9 Å². The number of nitrogens with one attached hydrogen (secondary N) is 1. The molecule has 0 saturated heterocycles. The Morgan fingerprint density at radius 1 is 1.30 bits per heavy atom. The summed E-state index contributed by atoms with van der Waals surface area (Å²) in [5.41, 5.74) is 2.74. The maximum absolute atomic E-state index is 12.0. The van der Waals surface area contributed by atoms with Crippen LogP contribution in [-0.4, -0.2) is 29.9 Å². The number of amides is 1. The Bertz CT molecular complexity index is 763. The largest absolute Gasteiger partial charge is 0.507 e. The van der Waals surface area contributed by atoms with Crippen molar-refractivity contribution >= 4 is 23.7 Å². The molecule has 3 rings (SSSR count). The van der Waals surface area contributed by atoms with Gasteiger partial charge in [-0.2, -0.15) is 5.10 Å². The molecule has 0 radical (unpaired) electrons. The van der Waals surface area contributed by atoms with Crippen molar-refractivity contribution in [1.82, 2.24) is 5.43 Å². The summed E-state index contributed by atoms with van der Waals surface area (Å²) in [6, 6.07) is 11.6. The van der Waals surface area contributed by atoms with Gasteiger partial charge in [-0.3, -0.25) is 4.79 Å². The highest BCUT2D eigenvalue weighted by molar-refractivity contribution is 6.30. The first-order valence-corrected chi connectivity index (χ1v) is 7.21. The molecule has 0 bridgehead atoms. The fraction of sp³-hybridized carbons (Fsp3) is 0.125. The lowest BCUT2D eigenvalue weighted by atomic mass is 10.2. The van der Waals surface area contributed by atoms with Gasteiger partial charge in [0.05, 0.1) is 6.21 Å². The molecule has 1 atom stereocenters. The SMILES string of the molecule is O=C(N/N=C/c1cc(Cl)ccc1O)C1COc2ccccc2O1. The number of hydrogen-bond donors (Lipinski definition) is 2. The summed E-state index contributed by atoms with van der Waals surface area (Å²) in [5.74, 6) is 0.676. The summed E-state index contributed by atoms with van der Waals surface area (Å²) < 4.78 is 11.0. The lowest BCUT2D eigenvalue weighted by Crippen LogP contribution is -2.42. The maximum atomic E-state index is 12.0. The molecule has 0 aliphatic carbocycles. The molecule has 1 heterocycles. The van der Waals surface area contributed by atoms with Crippen molar-refractivity contribution in [3.63, 3.8) is 0 Å². The number of nitrogens with zero attached hydrogens (tertiary/aromatic N) is 1. The molecule has 118 valence electrons. The van der Waals surface area contributed by atoms with Crippen LogP contribution >= 0.6 is 11.6 Å². The maximum Gasteiger partial charge on any atom is 0.284 e. The molecular weight excluding hydrogens is 320 g/mol. The lowest BCUT2D eigenvalue weighted by Gasteiger charge is -2.24. The van der Waals surface area contributed by atoms with Crippen LogP contribution in [0.5, 0.6) is 17.2 Å². The minimum absolute atomic E-state index is 0.0126. The van der Waals surface area contributed by atoms with E-state index in [9.17, 15) is 9.90 Å². The van der Waals surface area contributed by atoms with Crippen molar-refractivity contribution in [2.75, 3.05) is 6.61 Å². The Kier molecular flexibility index (Phi) is 4.34. The smallest absolute Gasteiger partial charge is 0.284 e. The second kappa shape index (κ2) is 6.58. The number of halogens is 1. The summed E-state index contributed by atoms with van der Waals surface area (Å²) in [6.45, 7) is 0.0980. The van der Waals surface area contributed by atoms with E-state index in [1.807, 2.05) is 6.07 Å². The second-order valence-corrected chi connectivity index (χ2v) is 5.24. The molecule has 0 saturated carbocycles. The zero-order valence-electron chi connectivity index (χ0n) is 11.9. The zero-order chi connectivity index (χ0) is 16.2. The van der Waals surface area contributed by atoms with E-state index in [0.29, 0.717) is 22.1 Å². The summed E-state index contributed by atoms with van der Waals surface area (Å²) in [6.07, 6.45) is 0.506. The van der Waals surface area contributed by atoms with Crippen molar-refractivity contribution in [1.29, 1.82) is 0 Å². The van der Waals surface area contributed by atoms with Crippen molar-refractivity contribution < 1.29 is 19.4 Å². The number of para-hydroxylation sites is 2. The minimum Gasteiger partial charge on any atom is -0.507 e. The number of fused-ring (bicyclic) bond motifs is 1. The molecular formula is C16H13ClN2O4. The molecule has 1 unspecified atom stereocenters. The van der Waals surface area contributed by atoms with Crippen LogP contribution in [0.4, 0.5) is 0 Å². The first-order valence-electron chi connectivity index (χ1n) is 6.83. The van der Waals surface area contributed by atoms with Crippen molar-refractivity contribution in [3.05, 3.63) is 53.1 Å². The average Bonchev–Trinajstić information content (AvgIpc) is 2.57. The normalized spacial score (nSPS) is 16.3. The highest BCUT2D eigenvalue weighted by Crippen LogP contribution is 2.30. The monoisotopic (exact) mass is 332 g/mol. The molecule has 23 heavy (non-hydrogen) atoms. The number of phenols is 1. The molecule has 2 aromatic carbocycles. The van der Waals surface area contributed by atoms with Crippen LogP contribution in [0.1, 0.15) is 5.56 Å². The number of hydrogen-bond acceptors (Lipinski definition) is 5. The molecule has 7 heteroatoms. The third-order valence-corrected chi connectivity index (χ3v) is 3.40. The van der Waals surface area contributed by atoms with Crippen molar-refractivity contribution in [3.8, 4) is 17.2 Å². The first kappa shape index (κ1) is 15.2. The molecule has 1 aliphatic rings. The molecule has 1 aliphatic heterocycles. The summed E-state index contributed by atoms with van der Waals surface area (Å²) in [4.78, 5) is 12.0. The topological polar surface area (TPSA) is 80.2 Å². The Labute approximate surface area is 137 Å². The number of hydrazone groups is 1. The zero-order valence-corrected chi connectivity index (χ0v) is 12.7. The van der Waals surface area contributed by atoms with E-state index in [2.05, 4.69) is 10.5 Å². The summed E-state index contributed by atoms with van der Waals surface area (Å²) >= 11 is 5.83. The number of rotatable bonds is 3. The van der Waals surface area contributed by atoms with Gasteiger partial charge in [0, 0.05) is 10.6 Å². The molecule has 0 fully saturated rings. The average molecular weight is 333 g/mol. The van der Waals surface area contributed by atoms with E-state index in [1.54, 1.807) is 24.3 Å². The Morgan fingerprint density at radius 2 is 2.09 bits per heavy atom. The quantitative estimate of drug-likeness (QED) is 0.668. The predicted molar refractivity (Wildman–Crippen MR) is 85.2 cm³/mol. The number of carbonyl (C=O) groups is 1. The van der Waals surface area contributed by atoms with Gasteiger partial charge in [0.2, 0.25) is 6.10 Å². The lowest BCUT2D eigenvalue weighted by molar-refractivity contribution is -0.130. The van der Waals surface area contributed by atoms with Gasteiger partial charge < -0.3 is 14.6 Å². The molecule has 1 amide bonds. The van der Waals surface area contributed by atoms with E-state index in [0.717, 1.165) is 0 Å². The van der Waals surface area contributed by atoms with Crippen LogP contribution in [0.3, 0.4) is 0 Å². The van der Waals surface area contributed by atoms with Gasteiger partial charge in [0.15, 0.2) is 11.5 Å². The van der Waals surface area contributed by atoms with Gasteiger partial charge in [-0.05, 0) is 30.3 Å². The van der Waals surface area contributed by atoms with Gasteiger partial charge in [-0.25, -0.2) is 5.43 Å². The molecule has 0 aromatic heterocycles. The molecule has 6 nitrogen and oxygen atoms in total. The minimum atomic E-state index is -0.796. The van der Waals surface area contributed by atoms with E-state index in [1.165, 1.54) is 18.3 Å². The highest BCUT2D eigenvalue weighted by Gasteiger charge is 2.26. The fourth-order valence-corrected chi connectivity index (χ4v) is 2.20. The fourth-order valence-electron chi connectivity index (χ4n) is 2.01. The van der Waals surface area contributed by atoms with Crippen molar-refractivity contribution in [2.45, 2.75) is 6.10 Å². The summed E-state index contributed by atoms with van der Waals surface area (Å²) in [5, 5.41) is 13.9. The third-order valence-electron chi connectivity index (χ3n) is 3.17. The van der Waals surface area contributed by atoms with Crippen LogP contribution in [0.25, 0.3) is 0 Å². The predicted octanol–water partition coefficient (Wildman–Crippen LogP) is 2.34. The van der Waals surface area contributed by atoms with E-state index < -0.39 is 12.0 Å². The Balaban J connectivity index is 1.62. The Morgan fingerprint density at radius 3 is 2.91 bits per heavy atom. The van der Waals surface area contributed by atoms with Crippen LogP contribution in [0.2, 0.25) is 5.02 Å². The molecule has 0 spiro atoms. The molecule has 2 N–H and O–H groups in total. The van der Waals surface area contributed by atoms with E-state index in [4.69, 9.17) is 21.1 Å². The number of aromatic hydroxyl groups is 1. The first-order chi connectivity index (χ1) is 11.1. The van der Waals surface area contributed by atoms with Crippen LogP contribution in [0.15, 0.2) is 47.6 Å². The Hall–Kier alpha value is -2.73. The number of benzene rings is 2. The second-order valence-electron chi connectivity index (χ2n) is 4.80.